The molecular formula is C16H16N4O7S. The Balaban J connectivity index is 0.000000202. The smallest absolute Gasteiger partial charge is 0.314 e. The van der Waals surface area contributed by atoms with E-state index in [1.54, 1.807) is 6.07 Å². The lowest BCUT2D eigenvalue weighted by Crippen LogP contribution is -2.12. The van der Waals surface area contributed by atoms with E-state index in [1.165, 1.54) is 4.68 Å². The minimum Gasteiger partial charge on any atom is -0.501 e. The number of H-pyrrole nitrogens is 1. The minimum absolute atomic E-state index is 0.0244. The van der Waals surface area contributed by atoms with Crippen LogP contribution >= 0.6 is 0 Å². The molecule has 0 saturated carbocycles. The number of anilines is 1. The molecule has 1 heterocycles. The van der Waals surface area contributed by atoms with Gasteiger partial charge in [-0.05, 0) is 25.1 Å². The molecule has 28 heavy (non-hydrogen) atoms. The molecule has 0 spiro atoms. The molecule has 11 nitrogen and oxygen atoms in total. The summed E-state index contributed by atoms with van der Waals surface area (Å²) in [6, 6.07) is 12.3. The maximum absolute atomic E-state index is 11.4. The topological polar surface area (TPSA) is 182 Å². The van der Waals surface area contributed by atoms with Crippen molar-refractivity contribution in [2.75, 3.05) is 5.73 Å². The van der Waals surface area contributed by atoms with Gasteiger partial charge in [-0.3, -0.25) is 24.6 Å². The first-order valence-corrected chi connectivity index (χ1v) is 9.03. The van der Waals surface area contributed by atoms with Gasteiger partial charge in [-0.25, -0.2) is 4.68 Å². The highest BCUT2D eigenvalue weighted by Crippen LogP contribution is 2.34. The van der Waals surface area contributed by atoms with Gasteiger partial charge in [0.2, 0.25) is 5.75 Å². The number of aryl methyl sites for hydroxylation is 1. The summed E-state index contributed by atoms with van der Waals surface area (Å²) in [5, 5.41) is 22.4. The Kier molecular flexibility index (Phi) is 5.86. The number of hydrogen-bond acceptors (Lipinski definition) is 7. The first-order chi connectivity index (χ1) is 13.0. The number of phenols is 1. The van der Waals surface area contributed by atoms with E-state index in [9.17, 15) is 23.3 Å². The normalized spacial score (nSPS) is 10.8. The quantitative estimate of drug-likeness (QED) is 0.166. The number of nitrogens with one attached hydrogen (secondary N) is 1. The molecule has 3 aromatic rings. The van der Waals surface area contributed by atoms with Crippen LogP contribution in [0.2, 0.25) is 0 Å². The van der Waals surface area contributed by atoms with Gasteiger partial charge in [-0.2, -0.15) is 8.42 Å². The maximum Gasteiger partial charge on any atom is 0.314 e. The third-order valence-electron chi connectivity index (χ3n) is 3.45. The molecule has 0 fully saturated rings. The van der Waals surface area contributed by atoms with Gasteiger partial charge >= 0.3 is 5.69 Å². The number of aromatic nitrogens is 2. The number of aromatic amines is 1. The maximum atomic E-state index is 11.4. The fourth-order valence-corrected chi connectivity index (χ4v) is 2.72. The summed E-state index contributed by atoms with van der Waals surface area (Å²) in [5.74, 6) is -0.840. The molecule has 148 valence electrons. The van der Waals surface area contributed by atoms with E-state index in [0.29, 0.717) is 6.07 Å². The van der Waals surface area contributed by atoms with Crippen molar-refractivity contribution in [1.82, 2.24) is 9.78 Å². The summed E-state index contributed by atoms with van der Waals surface area (Å²) in [5.41, 5.74) is 5.44. The Hall–Kier alpha value is -3.64. The highest BCUT2D eigenvalue weighted by atomic mass is 32.2. The number of nitro groups is 1. The summed E-state index contributed by atoms with van der Waals surface area (Å²) in [6.45, 7) is 1.86. The van der Waals surface area contributed by atoms with E-state index < -0.39 is 37.1 Å². The van der Waals surface area contributed by atoms with Gasteiger partial charge in [-0.1, -0.05) is 18.2 Å². The van der Waals surface area contributed by atoms with E-state index in [0.717, 1.165) is 17.4 Å². The number of phenolic OH excluding ortho intramolecular Hbond substituents is 1. The van der Waals surface area contributed by atoms with Crippen LogP contribution in [0.25, 0.3) is 5.69 Å². The summed E-state index contributed by atoms with van der Waals surface area (Å²) in [6.07, 6.45) is 0. The largest absolute Gasteiger partial charge is 0.501 e. The SMILES string of the molecule is Cc1cc(=O)n(-c2ccccc2)[nH]1.Nc1cc(S(=O)(=O)O)cc([N+](=O)[O-])c1O. The summed E-state index contributed by atoms with van der Waals surface area (Å²) >= 11 is 0. The number of nitrogen functional groups attached to an aromatic ring is 1. The zero-order valence-electron chi connectivity index (χ0n) is 14.4. The van der Waals surface area contributed by atoms with Crippen LogP contribution in [0.3, 0.4) is 0 Å². The number of nitrogens with two attached hydrogens (primary N) is 1. The standard InChI is InChI=1S/C10H10N2O.C6H6N2O6S/c1-8-7-10(13)12(11-8)9-5-3-2-4-6-9;7-4-1-3(15(12,13)14)2-5(6(4)9)8(10)11/h2-7,11H,1H3;1-2,9H,7H2,(H,12,13,14). The van der Waals surface area contributed by atoms with Gasteiger partial charge in [0.05, 0.1) is 16.3 Å². The lowest BCUT2D eigenvalue weighted by molar-refractivity contribution is -0.386. The van der Waals surface area contributed by atoms with Gasteiger partial charge in [0.1, 0.15) is 4.90 Å². The van der Waals surface area contributed by atoms with Crippen LogP contribution in [-0.4, -0.2) is 32.8 Å². The molecule has 1 aromatic heterocycles. The van der Waals surface area contributed by atoms with Gasteiger partial charge in [0.25, 0.3) is 15.7 Å². The molecule has 5 N–H and O–H groups in total. The molecule has 0 bridgehead atoms. The molecule has 2 aromatic carbocycles. The molecule has 0 aliphatic rings. The van der Waals surface area contributed by atoms with E-state index >= 15 is 0 Å². The number of nitro benzene ring substituents is 1. The van der Waals surface area contributed by atoms with Crippen LogP contribution in [-0.2, 0) is 10.1 Å². The molecule has 0 atom stereocenters. The van der Waals surface area contributed by atoms with Gasteiger partial charge in [0.15, 0.2) is 0 Å². The van der Waals surface area contributed by atoms with Crippen LogP contribution in [0.4, 0.5) is 11.4 Å². The van der Waals surface area contributed by atoms with Crippen molar-refractivity contribution in [3.8, 4) is 11.4 Å². The van der Waals surface area contributed by atoms with Crippen molar-refractivity contribution < 1.29 is 23.0 Å². The lowest BCUT2D eigenvalue weighted by Gasteiger charge is -2.02. The third kappa shape index (κ3) is 4.75. The number of para-hydroxylation sites is 1. The lowest BCUT2D eigenvalue weighted by atomic mass is 10.2. The van der Waals surface area contributed by atoms with Crippen LogP contribution in [0.5, 0.6) is 5.75 Å². The number of nitrogens with zero attached hydrogens (tertiary/aromatic N) is 2. The van der Waals surface area contributed by atoms with Gasteiger partial charge in [0, 0.05) is 17.8 Å². The van der Waals surface area contributed by atoms with E-state index in [-0.39, 0.29) is 5.56 Å². The molecular weight excluding hydrogens is 392 g/mol. The Morgan fingerprint density at radius 3 is 2.25 bits per heavy atom. The van der Waals surface area contributed by atoms with Crippen LogP contribution in [0, 0.1) is 17.0 Å². The number of aromatic hydroxyl groups is 1. The van der Waals surface area contributed by atoms with Crippen LogP contribution in [0.1, 0.15) is 5.69 Å². The van der Waals surface area contributed by atoms with Crippen molar-refractivity contribution >= 4 is 21.5 Å². The summed E-state index contributed by atoms with van der Waals surface area (Å²) in [7, 11) is -4.59. The fourth-order valence-electron chi connectivity index (χ4n) is 2.18. The number of hydrogen-bond donors (Lipinski definition) is 4. The van der Waals surface area contributed by atoms with Crippen LogP contribution in [0.15, 0.2) is 58.2 Å². The highest BCUT2D eigenvalue weighted by Gasteiger charge is 2.22. The minimum atomic E-state index is -4.59. The second-order valence-corrected chi connectivity index (χ2v) is 6.98. The second-order valence-electron chi connectivity index (χ2n) is 5.56. The van der Waals surface area contributed by atoms with Crippen molar-refractivity contribution in [3.05, 3.63) is 74.7 Å². The Morgan fingerprint density at radius 1 is 1.18 bits per heavy atom. The zero-order valence-corrected chi connectivity index (χ0v) is 15.3. The fraction of sp³-hybridized carbons (Fsp3) is 0.0625. The third-order valence-corrected chi connectivity index (χ3v) is 4.28. The summed E-state index contributed by atoms with van der Waals surface area (Å²) < 4.78 is 31.5. The van der Waals surface area contributed by atoms with E-state index in [1.807, 2.05) is 37.3 Å². The average Bonchev–Trinajstić information content (AvgIpc) is 2.95. The van der Waals surface area contributed by atoms with Gasteiger partial charge in [-0.15, -0.1) is 0 Å². The van der Waals surface area contributed by atoms with Gasteiger partial charge < -0.3 is 10.8 Å². The molecule has 3 rings (SSSR count). The number of rotatable bonds is 3. The zero-order chi connectivity index (χ0) is 21.1. The average molecular weight is 408 g/mol. The Bertz CT molecular complexity index is 1170. The first-order valence-electron chi connectivity index (χ1n) is 7.59. The van der Waals surface area contributed by atoms with Crippen molar-refractivity contribution in [2.45, 2.75) is 11.8 Å². The Morgan fingerprint density at radius 2 is 1.79 bits per heavy atom. The monoisotopic (exact) mass is 408 g/mol. The predicted molar refractivity (Wildman–Crippen MR) is 100 cm³/mol. The van der Waals surface area contributed by atoms with Crippen LogP contribution < -0.4 is 11.3 Å². The molecule has 0 aliphatic carbocycles. The molecule has 0 radical (unpaired) electrons. The predicted octanol–water partition coefficient (Wildman–Crippen LogP) is 1.60. The van der Waals surface area contributed by atoms with Crippen molar-refractivity contribution in [2.24, 2.45) is 0 Å². The Labute approximate surface area is 158 Å². The first kappa shape index (κ1) is 20.7. The van der Waals surface area contributed by atoms with Crippen molar-refractivity contribution in [3.63, 3.8) is 0 Å². The van der Waals surface area contributed by atoms with E-state index in [4.69, 9.17) is 15.4 Å². The van der Waals surface area contributed by atoms with E-state index in [2.05, 4.69) is 5.10 Å². The number of benzene rings is 2. The molecule has 0 aliphatic heterocycles. The molecule has 0 saturated heterocycles. The summed E-state index contributed by atoms with van der Waals surface area (Å²) in [4.78, 5) is 20.0. The molecule has 12 heteroatoms. The van der Waals surface area contributed by atoms with Crippen molar-refractivity contribution in [1.29, 1.82) is 0 Å². The molecule has 0 amide bonds. The highest BCUT2D eigenvalue weighted by molar-refractivity contribution is 7.85. The molecule has 0 unspecified atom stereocenters. The second kappa shape index (κ2) is 7.94.